The van der Waals surface area contributed by atoms with Gasteiger partial charge in [-0.2, -0.15) is 0 Å². The first-order valence-electron chi connectivity index (χ1n) is 2.59. The van der Waals surface area contributed by atoms with E-state index >= 15 is 0 Å². The minimum atomic E-state index is -1.20. The zero-order valence-corrected chi connectivity index (χ0v) is 5.46. The minimum absolute atomic E-state index is 0.281. The molecule has 0 aromatic heterocycles. The number of nitrogens with two attached hydrogens (primary N) is 1. The van der Waals surface area contributed by atoms with Gasteiger partial charge in [0.05, 0.1) is 0 Å². The van der Waals surface area contributed by atoms with Crippen molar-refractivity contribution in [3.63, 3.8) is 0 Å². The number of primary amides is 1. The monoisotopic (exact) mass is 144 g/mol. The highest BCUT2D eigenvalue weighted by molar-refractivity contribution is 5.98. The second-order valence-electron chi connectivity index (χ2n) is 1.72. The van der Waals surface area contributed by atoms with Crippen LogP contribution in [0.25, 0.3) is 0 Å². The molecule has 0 radical (unpaired) electrons. The van der Waals surface area contributed by atoms with E-state index in [1.54, 1.807) is 0 Å². The molecular formula is C5H8N2O3. The molecule has 0 spiro atoms. The number of nitrogens with one attached hydrogen (secondary N) is 1. The lowest BCUT2D eigenvalue weighted by Gasteiger charge is -2.04. The van der Waals surface area contributed by atoms with Crippen LogP contribution in [0.2, 0.25) is 0 Å². The Labute approximate surface area is 57.6 Å². The van der Waals surface area contributed by atoms with Crippen LogP contribution < -0.4 is 11.1 Å². The number of rotatable bonds is 3. The molecule has 0 aliphatic heterocycles. The van der Waals surface area contributed by atoms with Crippen LogP contribution in [-0.4, -0.2) is 24.1 Å². The largest absolute Gasteiger partial charge is 0.367 e. The van der Waals surface area contributed by atoms with E-state index in [0.717, 1.165) is 0 Å². The number of hydrogen-bond donors (Lipinski definition) is 2. The third-order valence-electron chi connectivity index (χ3n) is 0.801. The van der Waals surface area contributed by atoms with E-state index in [9.17, 15) is 14.4 Å². The van der Waals surface area contributed by atoms with E-state index in [1.807, 2.05) is 5.32 Å². The number of hydrogen-bond acceptors (Lipinski definition) is 3. The Kier molecular flexibility index (Phi) is 3.10. The molecule has 1 atom stereocenters. The van der Waals surface area contributed by atoms with Crippen LogP contribution in [0.4, 0.5) is 0 Å². The van der Waals surface area contributed by atoms with Crippen molar-refractivity contribution < 1.29 is 14.4 Å². The molecule has 0 rings (SSSR count). The van der Waals surface area contributed by atoms with Gasteiger partial charge in [-0.3, -0.25) is 9.59 Å². The lowest BCUT2D eigenvalue weighted by molar-refractivity contribution is -0.129. The van der Waals surface area contributed by atoms with Gasteiger partial charge in [0.25, 0.3) is 0 Å². The Morgan fingerprint density at radius 3 is 2.20 bits per heavy atom. The van der Waals surface area contributed by atoms with Crippen molar-refractivity contribution in [3.8, 4) is 0 Å². The van der Waals surface area contributed by atoms with E-state index in [-0.39, 0.29) is 6.29 Å². The smallest absolute Gasteiger partial charge is 0.247 e. The van der Waals surface area contributed by atoms with Gasteiger partial charge in [-0.25, -0.2) is 0 Å². The maximum Gasteiger partial charge on any atom is 0.247 e. The number of carbonyl (C=O) groups is 3. The van der Waals surface area contributed by atoms with Gasteiger partial charge in [0.15, 0.2) is 12.3 Å². The molecule has 0 aliphatic rings. The van der Waals surface area contributed by atoms with Gasteiger partial charge in [0.2, 0.25) is 11.8 Å². The number of amides is 2. The third kappa shape index (κ3) is 2.81. The van der Waals surface area contributed by atoms with Crippen molar-refractivity contribution in [1.82, 2.24) is 5.32 Å². The first-order valence-corrected chi connectivity index (χ1v) is 2.59. The van der Waals surface area contributed by atoms with Gasteiger partial charge >= 0.3 is 0 Å². The highest BCUT2D eigenvalue weighted by atomic mass is 16.2. The Morgan fingerprint density at radius 2 is 2.10 bits per heavy atom. The fraction of sp³-hybridized carbons (Fsp3) is 0.400. The first kappa shape index (κ1) is 8.61. The molecule has 0 aromatic rings. The van der Waals surface area contributed by atoms with Crippen LogP contribution in [0.3, 0.4) is 0 Å². The van der Waals surface area contributed by atoms with Crippen molar-refractivity contribution in [2.45, 2.75) is 13.0 Å². The average molecular weight is 144 g/mol. The van der Waals surface area contributed by atoms with Gasteiger partial charge in [-0.1, -0.05) is 0 Å². The molecule has 2 amide bonds. The maximum absolute atomic E-state index is 10.2. The Hall–Kier alpha value is -1.39. The lowest BCUT2D eigenvalue weighted by atomic mass is 10.3. The maximum atomic E-state index is 10.2. The van der Waals surface area contributed by atoms with Crippen LogP contribution in [-0.2, 0) is 14.4 Å². The summed E-state index contributed by atoms with van der Waals surface area (Å²) in [6.07, 6.45) is 0.281. The van der Waals surface area contributed by atoms with Gasteiger partial charge in [-0.15, -0.1) is 0 Å². The van der Waals surface area contributed by atoms with Crippen LogP contribution in [0, 0.1) is 0 Å². The summed E-state index contributed by atoms with van der Waals surface area (Å²) >= 11 is 0. The SMILES string of the molecule is CC(=O)N[C@@H](C=O)C(N)=O. The van der Waals surface area contributed by atoms with Gasteiger partial charge in [0.1, 0.15) is 0 Å². The lowest BCUT2D eigenvalue weighted by Crippen LogP contribution is -2.44. The Bertz CT molecular complexity index is 166. The van der Waals surface area contributed by atoms with Crippen LogP contribution in [0.15, 0.2) is 0 Å². The molecular weight excluding hydrogens is 136 g/mol. The summed E-state index contributed by atoms with van der Waals surface area (Å²) in [6, 6.07) is -1.20. The number of aldehydes is 1. The second-order valence-corrected chi connectivity index (χ2v) is 1.72. The van der Waals surface area contributed by atoms with Crippen LogP contribution in [0.5, 0.6) is 0 Å². The molecule has 0 unspecified atom stereocenters. The van der Waals surface area contributed by atoms with E-state index in [2.05, 4.69) is 0 Å². The molecule has 0 saturated heterocycles. The zero-order chi connectivity index (χ0) is 8.15. The molecule has 5 nitrogen and oxygen atoms in total. The second kappa shape index (κ2) is 3.60. The molecule has 0 aliphatic carbocycles. The van der Waals surface area contributed by atoms with Crippen molar-refractivity contribution in [3.05, 3.63) is 0 Å². The van der Waals surface area contributed by atoms with Crippen molar-refractivity contribution in [2.75, 3.05) is 0 Å². The fourth-order valence-corrected chi connectivity index (χ4v) is 0.391. The van der Waals surface area contributed by atoms with E-state index in [1.165, 1.54) is 6.92 Å². The van der Waals surface area contributed by atoms with Crippen molar-refractivity contribution in [2.24, 2.45) is 5.73 Å². The first-order chi connectivity index (χ1) is 4.57. The van der Waals surface area contributed by atoms with E-state index in [4.69, 9.17) is 5.73 Å². The molecule has 0 saturated carbocycles. The molecule has 3 N–H and O–H groups in total. The van der Waals surface area contributed by atoms with Gasteiger partial charge in [0, 0.05) is 6.92 Å². The normalized spacial score (nSPS) is 11.7. The van der Waals surface area contributed by atoms with Crippen molar-refractivity contribution >= 4 is 18.1 Å². The summed E-state index contributed by atoms with van der Waals surface area (Å²) in [5.41, 5.74) is 4.71. The Morgan fingerprint density at radius 1 is 1.60 bits per heavy atom. The summed E-state index contributed by atoms with van der Waals surface area (Å²) in [5.74, 6) is -1.32. The van der Waals surface area contributed by atoms with E-state index < -0.39 is 17.9 Å². The predicted molar refractivity (Wildman–Crippen MR) is 32.9 cm³/mol. The molecule has 0 fully saturated rings. The van der Waals surface area contributed by atoms with Gasteiger partial charge in [-0.05, 0) is 0 Å². The molecule has 56 valence electrons. The average Bonchev–Trinajstić information content (AvgIpc) is 1.81. The molecule has 0 aromatic carbocycles. The van der Waals surface area contributed by atoms with Gasteiger partial charge < -0.3 is 15.8 Å². The molecule has 10 heavy (non-hydrogen) atoms. The fourth-order valence-electron chi connectivity index (χ4n) is 0.391. The summed E-state index contributed by atoms with van der Waals surface area (Å²) in [5, 5.41) is 2.05. The number of carbonyl (C=O) groups excluding carboxylic acids is 3. The van der Waals surface area contributed by atoms with E-state index in [0.29, 0.717) is 0 Å². The molecule has 0 bridgehead atoms. The summed E-state index contributed by atoms with van der Waals surface area (Å²) < 4.78 is 0. The topological polar surface area (TPSA) is 89.3 Å². The van der Waals surface area contributed by atoms with Crippen molar-refractivity contribution in [1.29, 1.82) is 0 Å². The quantitative estimate of drug-likeness (QED) is 0.361. The predicted octanol–water partition coefficient (Wildman–Crippen LogP) is -1.82. The highest BCUT2D eigenvalue weighted by Gasteiger charge is 2.13. The summed E-state index contributed by atoms with van der Waals surface area (Å²) in [6.45, 7) is 1.19. The summed E-state index contributed by atoms with van der Waals surface area (Å²) in [7, 11) is 0. The Balaban J connectivity index is 3.96. The van der Waals surface area contributed by atoms with Crippen LogP contribution >= 0.6 is 0 Å². The van der Waals surface area contributed by atoms with Crippen LogP contribution in [0.1, 0.15) is 6.92 Å². The summed E-state index contributed by atoms with van der Waals surface area (Å²) in [4.78, 5) is 30.4. The molecule has 5 heteroatoms. The molecule has 0 heterocycles. The minimum Gasteiger partial charge on any atom is -0.367 e. The zero-order valence-electron chi connectivity index (χ0n) is 5.46. The standard InChI is InChI=1S/C5H8N2O3/c1-3(9)7-4(2-8)5(6)10/h2,4H,1H3,(H2,6,10)(H,7,9)/t4-/m0/s1. The third-order valence-corrected chi connectivity index (χ3v) is 0.801. The highest BCUT2D eigenvalue weighted by Crippen LogP contribution is 1.74.